The van der Waals surface area contributed by atoms with Crippen molar-refractivity contribution in [3.63, 3.8) is 0 Å². The number of nitrogens with one attached hydrogen (secondary N) is 1. The molecule has 0 atom stereocenters. The van der Waals surface area contributed by atoms with Crippen LogP contribution < -0.4 is 10.2 Å². The highest BCUT2D eigenvalue weighted by molar-refractivity contribution is 6.33. The summed E-state index contributed by atoms with van der Waals surface area (Å²) in [5.41, 5.74) is 2.19. The van der Waals surface area contributed by atoms with E-state index < -0.39 is 24.1 Å². The van der Waals surface area contributed by atoms with Crippen LogP contribution in [0.15, 0.2) is 47.6 Å². The quantitative estimate of drug-likeness (QED) is 0.678. The fraction of sp³-hybridized carbons (Fsp3) is 0.0667. The minimum Gasteiger partial charge on any atom is -0.481 e. The summed E-state index contributed by atoms with van der Waals surface area (Å²) in [6, 6.07) is 9.86. The summed E-state index contributed by atoms with van der Waals surface area (Å²) in [4.78, 5) is 11.5. The number of ether oxygens (including phenoxy) is 1. The van der Waals surface area contributed by atoms with Gasteiger partial charge in [-0.1, -0.05) is 29.8 Å². The third-order valence-electron chi connectivity index (χ3n) is 2.58. The summed E-state index contributed by atoms with van der Waals surface area (Å²) >= 11 is 5.79. The molecule has 7 heteroatoms. The van der Waals surface area contributed by atoms with Crippen LogP contribution in [0.2, 0.25) is 5.02 Å². The van der Waals surface area contributed by atoms with Gasteiger partial charge in [-0.25, -0.2) is 14.2 Å². The van der Waals surface area contributed by atoms with E-state index in [2.05, 4.69) is 10.5 Å². The van der Waals surface area contributed by atoms with Crippen molar-refractivity contribution in [2.75, 3.05) is 6.61 Å². The van der Waals surface area contributed by atoms with Crippen LogP contribution in [0, 0.1) is 11.6 Å². The first-order valence-electron chi connectivity index (χ1n) is 6.21. The molecule has 0 heterocycles. The first-order valence-corrected chi connectivity index (χ1v) is 6.59. The van der Waals surface area contributed by atoms with Crippen LogP contribution in [0.1, 0.15) is 5.56 Å². The highest BCUT2D eigenvalue weighted by Gasteiger charge is 2.06. The Bertz CT molecular complexity index is 687. The predicted octanol–water partition coefficient (Wildman–Crippen LogP) is 3.15. The van der Waals surface area contributed by atoms with Gasteiger partial charge in [0.25, 0.3) is 5.91 Å². The minimum atomic E-state index is -0.619. The lowest BCUT2D eigenvalue weighted by Crippen LogP contribution is -2.24. The molecule has 0 aliphatic carbocycles. The Morgan fingerprint density at radius 3 is 2.64 bits per heavy atom. The molecule has 0 saturated carbocycles. The highest BCUT2D eigenvalue weighted by atomic mass is 35.5. The van der Waals surface area contributed by atoms with Gasteiger partial charge in [-0.05, 0) is 24.3 Å². The molecule has 0 aliphatic heterocycles. The van der Waals surface area contributed by atoms with Gasteiger partial charge in [-0.2, -0.15) is 5.10 Å². The molecule has 114 valence electrons. The van der Waals surface area contributed by atoms with Crippen molar-refractivity contribution in [3.05, 3.63) is 64.7 Å². The molecule has 0 radical (unpaired) electrons. The fourth-order valence-electron chi connectivity index (χ4n) is 1.54. The average molecular weight is 325 g/mol. The van der Waals surface area contributed by atoms with E-state index in [0.29, 0.717) is 0 Å². The molecule has 0 unspecified atom stereocenters. The summed E-state index contributed by atoms with van der Waals surface area (Å²) in [6.45, 7) is -0.427. The van der Waals surface area contributed by atoms with E-state index in [1.165, 1.54) is 36.4 Å². The van der Waals surface area contributed by atoms with Gasteiger partial charge in [0.05, 0.1) is 11.2 Å². The zero-order chi connectivity index (χ0) is 15.9. The zero-order valence-corrected chi connectivity index (χ0v) is 12.0. The number of halogens is 3. The normalized spacial score (nSPS) is 10.7. The van der Waals surface area contributed by atoms with Crippen LogP contribution in [-0.4, -0.2) is 18.7 Å². The number of hydrogen-bond acceptors (Lipinski definition) is 3. The number of carbonyl (C=O) groups is 1. The van der Waals surface area contributed by atoms with Crippen LogP contribution in [-0.2, 0) is 4.79 Å². The third kappa shape index (κ3) is 4.26. The molecule has 22 heavy (non-hydrogen) atoms. The molecule has 0 saturated heterocycles. The van der Waals surface area contributed by atoms with Crippen molar-refractivity contribution < 1.29 is 18.3 Å². The SMILES string of the molecule is O=C(COc1ccccc1F)N/N=C\c1c(F)cccc1Cl. The number of benzene rings is 2. The monoisotopic (exact) mass is 324 g/mol. The van der Waals surface area contributed by atoms with Gasteiger partial charge in [0.1, 0.15) is 5.82 Å². The summed E-state index contributed by atoms with van der Waals surface area (Å²) in [5, 5.41) is 3.74. The van der Waals surface area contributed by atoms with Crippen molar-refractivity contribution in [2.45, 2.75) is 0 Å². The molecular formula is C15H11ClF2N2O2. The van der Waals surface area contributed by atoms with E-state index in [9.17, 15) is 13.6 Å². The van der Waals surface area contributed by atoms with Gasteiger partial charge < -0.3 is 4.74 Å². The van der Waals surface area contributed by atoms with E-state index in [1.54, 1.807) is 6.07 Å². The first-order chi connectivity index (χ1) is 10.6. The lowest BCUT2D eigenvalue weighted by atomic mass is 10.2. The lowest BCUT2D eigenvalue weighted by molar-refractivity contribution is -0.123. The van der Waals surface area contributed by atoms with Crippen molar-refractivity contribution in [3.8, 4) is 5.75 Å². The number of para-hydroxylation sites is 1. The van der Waals surface area contributed by atoms with E-state index in [-0.39, 0.29) is 16.3 Å². The third-order valence-corrected chi connectivity index (χ3v) is 2.91. The first kappa shape index (κ1) is 15.9. The van der Waals surface area contributed by atoms with Crippen LogP contribution in [0.25, 0.3) is 0 Å². The maximum atomic E-state index is 13.4. The van der Waals surface area contributed by atoms with Gasteiger partial charge >= 0.3 is 0 Å². The molecule has 2 aromatic carbocycles. The Morgan fingerprint density at radius 1 is 1.18 bits per heavy atom. The molecule has 0 aliphatic rings. The van der Waals surface area contributed by atoms with Gasteiger partial charge in [0.15, 0.2) is 18.2 Å². The van der Waals surface area contributed by atoms with Gasteiger partial charge in [-0.15, -0.1) is 0 Å². The minimum absolute atomic E-state index is 0.0428. The molecule has 0 bridgehead atoms. The largest absolute Gasteiger partial charge is 0.481 e. The smallest absolute Gasteiger partial charge is 0.277 e. The number of nitrogens with zero attached hydrogens (tertiary/aromatic N) is 1. The number of hydrogen-bond donors (Lipinski definition) is 1. The fourth-order valence-corrected chi connectivity index (χ4v) is 1.75. The van der Waals surface area contributed by atoms with Crippen LogP contribution >= 0.6 is 11.6 Å². The summed E-state index contributed by atoms with van der Waals surface area (Å²) < 4.78 is 31.7. The molecule has 0 aromatic heterocycles. The molecule has 0 fully saturated rings. The number of amides is 1. The van der Waals surface area contributed by atoms with Crippen LogP contribution in [0.5, 0.6) is 5.75 Å². The van der Waals surface area contributed by atoms with E-state index in [1.807, 2.05) is 0 Å². The number of rotatable bonds is 5. The van der Waals surface area contributed by atoms with Crippen molar-refractivity contribution >= 4 is 23.7 Å². The maximum absolute atomic E-state index is 13.4. The molecular weight excluding hydrogens is 314 g/mol. The van der Waals surface area contributed by atoms with Crippen LogP contribution in [0.4, 0.5) is 8.78 Å². The zero-order valence-electron chi connectivity index (χ0n) is 11.2. The van der Waals surface area contributed by atoms with Crippen LogP contribution in [0.3, 0.4) is 0 Å². The van der Waals surface area contributed by atoms with Crippen molar-refractivity contribution in [2.24, 2.45) is 5.10 Å². The van der Waals surface area contributed by atoms with Gasteiger partial charge in [0, 0.05) is 5.56 Å². The van der Waals surface area contributed by atoms with Crippen molar-refractivity contribution in [1.82, 2.24) is 5.43 Å². The molecule has 1 amide bonds. The Kier molecular flexibility index (Phi) is 5.43. The second-order valence-corrected chi connectivity index (χ2v) is 4.55. The number of hydrazone groups is 1. The average Bonchev–Trinajstić information content (AvgIpc) is 2.49. The van der Waals surface area contributed by atoms with Gasteiger partial charge in [0.2, 0.25) is 0 Å². The summed E-state index contributed by atoms with van der Waals surface area (Å²) in [5.74, 6) is -1.80. The summed E-state index contributed by atoms with van der Waals surface area (Å²) in [6.07, 6.45) is 1.08. The molecule has 4 nitrogen and oxygen atoms in total. The standard InChI is InChI=1S/C15H11ClF2N2O2/c16-11-4-3-6-12(17)10(11)8-19-20-15(21)9-22-14-7-2-1-5-13(14)18/h1-8H,9H2,(H,20,21)/b19-8-. The van der Waals surface area contributed by atoms with E-state index >= 15 is 0 Å². The molecule has 0 spiro atoms. The van der Waals surface area contributed by atoms with Crippen molar-refractivity contribution in [1.29, 1.82) is 0 Å². The topological polar surface area (TPSA) is 50.7 Å². The maximum Gasteiger partial charge on any atom is 0.277 e. The van der Waals surface area contributed by atoms with E-state index in [0.717, 1.165) is 6.21 Å². The lowest BCUT2D eigenvalue weighted by Gasteiger charge is -2.05. The predicted molar refractivity (Wildman–Crippen MR) is 79.0 cm³/mol. The van der Waals surface area contributed by atoms with Gasteiger partial charge in [-0.3, -0.25) is 4.79 Å². The Hall–Kier alpha value is -2.47. The number of carbonyl (C=O) groups excluding carboxylic acids is 1. The summed E-state index contributed by atoms with van der Waals surface area (Å²) in [7, 11) is 0. The molecule has 2 aromatic rings. The second kappa shape index (κ2) is 7.51. The second-order valence-electron chi connectivity index (χ2n) is 4.15. The molecule has 2 rings (SSSR count). The Labute approximate surface area is 130 Å². The van der Waals surface area contributed by atoms with E-state index in [4.69, 9.17) is 16.3 Å². The Balaban J connectivity index is 1.88. The molecule has 1 N–H and O–H groups in total. The Morgan fingerprint density at radius 2 is 1.91 bits per heavy atom. The highest BCUT2D eigenvalue weighted by Crippen LogP contribution is 2.16.